The fraction of sp³-hybridized carbons (Fsp3) is 0.458. The van der Waals surface area contributed by atoms with E-state index in [1.807, 2.05) is 25.1 Å². The minimum Gasteiger partial charge on any atom is -0.496 e. The molecule has 6 nitrogen and oxygen atoms in total. The summed E-state index contributed by atoms with van der Waals surface area (Å²) in [7, 11) is 4.82. The lowest BCUT2D eigenvalue weighted by Gasteiger charge is -2.22. The quantitative estimate of drug-likeness (QED) is 0.340. The molecule has 30 heavy (non-hydrogen) atoms. The van der Waals surface area contributed by atoms with Crippen LogP contribution in [-0.2, 0) is 19.0 Å². The van der Waals surface area contributed by atoms with E-state index in [0.29, 0.717) is 29.3 Å². The second-order valence-electron chi connectivity index (χ2n) is 7.93. The number of methoxy groups -OCH3 is 3. The molecule has 0 amide bonds. The number of hydrogen-bond acceptors (Lipinski definition) is 6. The summed E-state index contributed by atoms with van der Waals surface area (Å²) in [5, 5.41) is 1.76. The minimum absolute atomic E-state index is 0.319. The van der Waals surface area contributed by atoms with Crippen LogP contribution in [0.3, 0.4) is 0 Å². The van der Waals surface area contributed by atoms with Gasteiger partial charge in [-0.15, -0.1) is 0 Å². The Morgan fingerprint density at radius 1 is 1.07 bits per heavy atom. The molecule has 0 unspecified atom stereocenters. The van der Waals surface area contributed by atoms with Gasteiger partial charge in [0.2, 0.25) is 0 Å². The molecule has 0 N–H and O–H groups in total. The summed E-state index contributed by atoms with van der Waals surface area (Å²) >= 11 is 0. The number of ether oxygens (including phenoxy) is 4. The third kappa shape index (κ3) is 4.16. The first-order valence-electron chi connectivity index (χ1n) is 10.1. The fourth-order valence-electron chi connectivity index (χ4n) is 4.00. The molecule has 3 aromatic rings. The van der Waals surface area contributed by atoms with Crippen LogP contribution in [0.5, 0.6) is 5.75 Å². The van der Waals surface area contributed by atoms with Gasteiger partial charge in [0.05, 0.1) is 18.1 Å². The molecule has 2 aromatic carbocycles. The largest absolute Gasteiger partial charge is 0.496 e. The summed E-state index contributed by atoms with van der Waals surface area (Å²) in [6.07, 6.45) is -0.258. The van der Waals surface area contributed by atoms with Crippen LogP contribution in [-0.4, -0.2) is 27.3 Å². The lowest BCUT2D eigenvalue weighted by molar-refractivity contribution is -0.147. The predicted molar refractivity (Wildman–Crippen MR) is 116 cm³/mol. The molecular formula is C24H30O6. The molecule has 1 atom stereocenters. The van der Waals surface area contributed by atoms with Gasteiger partial charge in [0.1, 0.15) is 23.0 Å². The molecule has 6 heteroatoms. The van der Waals surface area contributed by atoms with E-state index in [0.717, 1.165) is 27.5 Å². The van der Waals surface area contributed by atoms with Gasteiger partial charge in [-0.25, -0.2) is 0 Å². The van der Waals surface area contributed by atoms with E-state index in [-0.39, 0.29) is 5.97 Å². The minimum atomic E-state index is -0.548. The van der Waals surface area contributed by atoms with Gasteiger partial charge in [0, 0.05) is 32.1 Å². The van der Waals surface area contributed by atoms with Crippen LogP contribution in [0, 0.1) is 12.8 Å². The molecule has 0 aliphatic rings. The van der Waals surface area contributed by atoms with Crippen molar-refractivity contribution in [3.05, 3.63) is 41.0 Å². The van der Waals surface area contributed by atoms with Crippen LogP contribution < -0.4 is 4.74 Å². The molecule has 0 aliphatic carbocycles. The normalized spacial score (nSPS) is 12.8. The monoisotopic (exact) mass is 414 g/mol. The predicted octanol–water partition coefficient (Wildman–Crippen LogP) is 5.84. The highest BCUT2D eigenvalue weighted by Crippen LogP contribution is 2.44. The smallest absolute Gasteiger partial charge is 0.303 e. The summed E-state index contributed by atoms with van der Waals surface area (Å²) in [5.74, 6) is 0.677. The molecule has 1 heterocycles. The van der Waals surface area contributed by atoms with E-state index < -0.39 is 12.4 Å². The van der Waals surface area contributed by atoms with E-state index >= 15 is 0 Å². The van der Waals surface area contributed by atoms with Crippen LogP contribution in [0.2, 0.25) is 0 Å². The zero-order chi connectivity index (χ0) is 22.0. The van der Waals surface area contributed by atoms with Gasteiger partial charge in [-0.3, -0.25) is 4.79 Å². The molecule has 0 radical (unpaired) electrons. The number of carbonyl (C=O) groups excluding carboxylic acids is 1. The van der Waals surface area contributed by atoms with Crippen molar-refractivity contribution in [2.75, 3.05) is 21.3 Å². The Hall–Kier alpha value is -2.57. The SMILES string of the molecule is COc1c([C@H](CC(C)C)OC(C)=O)ccc2oc3c(C(OC)OC)cc(C)cc3c12. The van der Waals surface area contributed by atoms with Gasteiger partial charge >= 0.3 is 5.97 Å². The number of esters is 1. The summed E-state index contributed by atoms with van der Waals surface area (Å²) in [6, 6.07) is 7.87. The molecule has 0 bridgehead atoms. The number of carbonyl (C=O) groups is 1. The first-order chi connectivity index (χ1) is 14.3. The van der Waals surface area contributed by atoms with Crippen molar-refractivity contribution in [3.63, 3.8) is 0 Å². The second kappa shape index (κ2) is 9.06. The molecule has 3 rings (SSSR count). The van der Waals surface area contributed by atoms with Gasteiger partial charge in [0.25, 0.3) is 0 Å². The van der Waals surface area contributed by atoms with Gasteiger partial charge in [-0.2, -0.15) is 0 Å². The maximum atomic E-state index is 11.8. The van der Waals surface area contributed by atoms with Crippen molar-refractivity contribution in [2.45, 2.75) is 46.5 Å². The Labute approximate surface area is 177 Å². The maximum absolute atomic E-state index is 11.8. The number of aryl methyl sites for hydroxylation is 1. The molecule has 0 saturated carbocycles. The first-order valence-corrected chi connectivity index (χ1v) is 10.1. The van der Waals surface area contributed by atoms with E-state index in [1.54, 1.807) is 21.3 Å². The number of hydrogen-bond donors (Lipinski definition) is 0. The topological polar surface area (TPSA) is 67.1 Å². The number of furan rings is 1. The highest BCUT2D eigenvalue weighted by molar-refractivity contribution is 6.10. The van der Waals surface area contributed by atoms with Crippen LogP contribution in [0.25, 0.3) is 21.9 Å². The van der Waals surface area contributed by atoms with Gasteiger partial charge < -0.3 is 23.4 Å². The molecule has 0 aliphatic heterocycles. The number of fused-ring (bicyclic) bond motifs is 3. The maximum Gasteiger partial charge on any atom is 0.303 e. The van der Waals surface area contributed by atoms with Crippen molar-refractivity contribution in [1.82, 2.24) is 0 Å². The average Bonchev–Trinajstić information content (AvgIpc) is 3.05. The standard InChI is InChI=1S/C24H30O6/c1-13(2)10-20(29-15(4)25)16-8-9-19-21(23(16)26-5)17-11-14(3)12-18(22(17)30-19)24(27-6)28-7/h8-9,11-13,20,24H,10H2,1-7H3/t20-/m0/s1. The Morgan fingerprint density at radius 2 is 1.77 bits per heavy atom. The fourth-order valence-corrected chi connectivity index (χ4v) is 4.00. The van der Waals surface area contributed by atoms with Gasteiger partial charge in [-0.1, -0.05) is 13.8 Å². The van der Waals surface area contributed by atoms with Gasteiger partial charge in [0.15, 0.2) is 6.29 Å². The molecule has 1 aromatic heterocycles. The third-order valence-corrected chi connectivity index (χ3v) is 5.12. The van der Waals surface area contributed by atoms with Crippen molar-refractivity contribution in [1.29, 1.82) is 0 Å². The van der Waals surface area contributed by atoms with Crippen molar-refractivity contribution in [3.8, 4) is 5.75 Å². The van der Waals surface area contributed by atoms with Crippen LogP contribution in [0.15, 0.2) is 28.7 Å². The lowest BCUT2D eigenvalue weighted by atomic mass is 9.96. The Morgan fingerprint density at radius 3 is 2.33 bits per heavy atom. The highest BCUT2D eigenvalue weighted by Gasteiger charge is 2.26. The second-order valence-corrected chi connectivity index (χ2v) is 7.93. The van der Waals surface area contributed by atoms with E-state index in [9.17, 15) is 4.79 Å². The molecule has 0 saturated heterocycles. The summed E-state index contributed by atoms with van der Waals surface area (Å²) < 4.78 is 28.7. The van der Waals surface area contributed by atoms with Crippen LogP contribution in [0.4, 0.5) is 0 Å². The Balaban J connectivity index is 2.31. The van der Waals surface area contributed by atoms with Crippen molar-refractivity contribution >= 4 is 27.9 Å². The number of benzene rings is 2. The Bertz CT molecular complexity index is 1040. The average molecular weight is 414 g/mol. The molecule has 0 spiro atoms. The molecule has 162 valence electrons. The third-order valence-electron chi connectivity index (χ3n) is 5.12. The van der Waals surface area contributed by atoms with Crippen LogP contribution >= 0.6 is 0 Å². The summed E-state index contributed by atoms with van der Waals surface area (Å²) in [6.45, 7) is 7.64. The molecular weight excluding hydrogens is 384 g/mol. The lowest BCUT2D eigenvalue weighted by Crippen LogP contribution is -2.12. The zero-order valence-corrected chi connectivity index (χ0v) is 18.7. The highest BCUT2D eigenvalue weighted by atomic mass is 16.7. The first kappa shape index (κ1) is 22.1. The zero-order valence-electron chi connectivity index (χ0n) is 18.7. The van der Waals surface area contributed by atoms with E-state index in [1.165, 1.54) is 6.92 Å². The van der Waals surface area contributed by atoms with Gasteiger partial charge in [-0.05, 0) is 49.1 Å². The van der Waals surface area contributed by atoms with E-state index in [4.69, 9.17) is 23.4 Å². The summed E-state index contributed by atoms with van der Waals surface area (Å²) in [5.41, 5.74) is 4.07. The number of rotatable bonds is 8. The molecule has 0 fully saturated rings. The Kier molecular flexibility index (Phi) is 6.68. The van der Waals surface area contributed by atoms with Crippen molar-refractivity contribution in [2.24, 2.45) is 5.92 Å². The summed E-state index contributed by atoms with van der Waals surface area (Å²) in [4.78, 5) is 11.8. The van der Waals surface area contributed by atoms with E-state index in [2.05, 4.69) is 19.9 Å². The van der Waals surface area contributed by atoms with Crippen molar-refractivity contribution < 1.29 is 28.2 Å². The van der Waals surface area contributed by atoms with Crippen LogP contribution in [0.1, 0.15) is 56.3 Å².